The lowest BCUT2D eigenvalue weighted by Crippen LogP contribution is -2.42. The average molecular weight is 330 g/mol. The summed E-state index contributed by atoms with van der Waals surface area (Å²) in [4.78, 5) is 9.90. The first-order valence-corrected chi connectivity index (χ1v) is 7.57. The second kappa shape index (κ2) is 7.52. The zero-order valence-electron chi connectivity index (χ0n) is 13.0. The third-order valence-electron chi connectivity index (χ3n) is 3.79. The van der Waals surface area contributed by atoms with E-state index in [9.17, 15) is 13.2 Å². The summed E-state index contributed by atoms with van der Waals surface area (Å²) >= 11 is 0. The highest BCUT2D eigenvalue weighted by molar-refractivity contribution is 5.78. The van der Waals surface area contributed by atoms with Crippen LogP contribution >= 0.6 is 0 Å². The van der Waals surface area contributed by atoms with Gasteiger partial charge in [0, 0.05) is 25.4 Å². The zero-order chi connectivity index (χ0) is 16.9. The molecule has 1 aromatic heterocycles. The van der Waals surface area contributed by atoms with Gasteiger partial charge in [-0.1, -0.05) is 6.92 Å². The van der Waals surface area contributed by atoms with Crippen molar-refractivity contribution in [1.29, 1.82) is 0 Å². The van der Waals surface area contributed by atoms with Gasteiger partial charge in [0.2, 0.25) is 5.88 Å². The van der Waals surface area contributed by atoms with Crippen LogP contribution in [0.25, 0.3) is 0 Å². The normalized spacial score (nSPS) is 17.4. The first-order chi connectivity index (χ1) is 10.9. The van der Waals surface area contributed by atoms with Gasteiger partial charge in [-0.25, -0.2) is 9.98 Å². The Labute approximate surface area is 133 Å². The van der Waals surface area contributed by atoms with Crippen molar-refractivity contribution in [2.75, 3.05) is 26.2 Å². The third kappa shape index (κ3) is 5.30. The molecule has 2 rings (SSSR count). The molecule has 2 N–H and O–H groups in total. The standard InChI is InChI=1S/C15H21F3N4O/c1-11-4-7-22(8-5-11)14(19)20-6-9-23-13-3-2-12(10-21-13)15(16,17)18/h2-3,10-11H,4-9H2,1H3,(H2,19,20). The molecule has 5 nitrogen and oxygen atoms in total. The molecule has 23 heavy (non-hydrogen) atoms. The fourth-order valence-corrected chi connectivity index (χ4v) is 2.28. The molecule has 1 saturated heterocycles. The van der Waals surface area contributed by atoms with Crippen molar-refractivity contribution in [2.45, 2.75) is 25.9 Å². The number of nitrogens with zero attached hydrogens (tertiary/aromatic N) is 3. The minimum absolute atomic E-state index is 0.138. The van der Waals surface area contributed by atoms with Crippen LogP contribution in [0.2, 0.25) is 0 Å². The van der Waals surface area contributed by atoms with E-state index in [0.717, 1.165) is 38.2 Å². The number of rotatable bonds is 4. The van der Waals surface area contributed by atoms with E-state index in [1.165, 1.54) is 6.07 Å². The molecule has 0 bridgehead atoms. The molecule has 2 heterocycles. The van der Waals surface area contributed by atoms with Crippen LogP contribution in [0.3, 0.4) is 0 Å². The number of guanidine groups is 1. The zero-order valence-corrected chi connectivity index (χ0v) is 13.0. The second-order valence-electron chi connectivity index (χ2n) is 5.64. The Morgan fingerprint density at radius 3 is 2.65 bits per heavy atom. The topological polar surface area (TPSA) is 63.7 Å². The molecular weight excluding hydrogens is 309 g/mol. The van der Waals surface area contributed by atoms with E-state index in [-0.39, 0.29) is 12.5 Å². The summed E-state index contributed by atoms with van der Waals surface area (Å²) < 4.78 is 42.5. The van der Waals surface area contributed by atoms with Crippen molar-refractivity contribution in [3.8, 4) is 5.88 Å². The fourth-order valence-electron chi connectivity index (χ4n) is 2.28. The Bertz CT molecular complexity index is 523. The van der Waals surface area contributed by atoms with Crippen LogP contribution in [0.1, 0.15) is 25.3 Å². The van der Waals surface area contributed by atoms with Crippen LogP contribution in [-0.4, -0.2) is 42.1 Å². The third-order valence-corrected chi connectivity index (χ3v) is 3.79. The quantitative estimate of drug-likeness (QED) is 0.523. The number of hydrogen-bond donors (Lipinski definition) is 1. The van der Waals surface area contributed by atoms with Gasteiger partial charge in [0.25, 0.3) is 0 Å². The SMILES string of the molecule is CC1CCN(C(N)=NCCOc2ccc(C(F)(F)F)cn2)CC1. The maximum Gasteiger partial charge on any atom is 0.417 e. The highest BCUT2D eigenvalue weighted by Crippen LogP contribution is 2.29. The molecule has 0 aromatic carbocycles. The Morgan fingerprint density at radius 2 is 2.09 bits per heavy atom. The van der Waals surface area contributed by atoms with Gasteiger partial charge in [0.15, 0.2) is 5.96 Å². The number of halogens is 3. The Balaban J connectivity index is 1.75. The van der Waals surface area contributed by atoms with Crippen LogP contribution in [0.5, 0.6) is 5.88 Å². The molecule has 0 unspecified atom stereocenters. The van der Waals surface area contributed by atoms with Crippen LogP contribution in [0, 0.1) is 5.92 Å². The lowest BCUT2D eigenvalue weighted by molar-refractivity contribution is -0.137. The maximum atomic E-state index is 12.4. The largest absolute Gasteiger partial charge is 0.476 e. The number of piperidine rings is 1. The van der Waals surface area contributed by atoms with Crippen molar-refractivity contribution in [1.82, 2.24) is 9.88 Å². The average Bonchev–Trinajstić information content (AvgIpc) is 2.51. The molecule has 1 aliphatic heterocycles. The number of nitrogens with two attached hydrogens (primary N) is 1. The molecule has 128 valence electrons. The van der Waals surface area contributed by atoms with Crippen molar-refractivity contribution < 1.29 is 17.9 Å². The van der Waals surface area contributed by atoms with Gasteiger partial charge in [-0.3, -0.25) is 0 Å². The van der Waals surface area contributed by atoms with E-state index in [1.54, 1.807) is 0 Å². The smallest absolute Gasteiger partial charge is 0.417 e. The van der Waals surface area contributed by atoms with Gasteiger partial charge in [-0.2, -0.15) is 13.2 Å². The van der Waals surface area contributed by atoms with Gasteiger partial charge in [-0.15, -0.1) is 0 Å². The first-order valence-electron chi connectivity index (χ1n) is 7.57. The molecule has 0 aliphatic carbocycles. The summed E-state index contributed by atoms with van der Waals surface area (Å²) in [5.41, 5.74) is 5.12. The Kier molecular flexibility index (Phi) is 5.68. The maximum absolute atomic E-state index is 12.4. The predicted octanol–water partition coefficient (Wildman–Crippen LogP) is 2.53. The van der Waals surface area contributed by atoms with Crippen molar-refractivity contribution >= 4 is 5.96 Å². The fraction of sp³-hybridized carbons (Fsp3) is 0.600. The number of likely N-dealkylation sites (tertiary alicyclic amines) is 1. The monoisotopic (exact) mass is 330 g/mol. The summed E-state index contributed by atoms with van der Waals surface area (Å²) in [7, 11) is 0. The highest BCUT2D eigenvalue weighted by Gasteiger charge is 2.30. The number of ether oxygens (including phenoxy) is 1. The number of hydrogen-bond acceptors (Lipinski definition) is 3. The summed E-state index contributed by atoms with van der Waals surface area (Å²) in [5.74, 6) is 1.34. The number of pyridine rings is 1. The van der Waals surface area contributed by atoms with Gasteiger partial charge in [-0.05, 0) is 24.8 Å². The van der Waals surface area contributed by atoms with E-state index in [1.807, 2.05) is 4.90 Å². The molecule has 1 aliphatic rings. The molecule has 0 amide bonds. The van der Waals surface area contributed by atoms with Gasteiger partial charge in [0.1, 0.15) is 6.61 Å². The van der Waals surface area contributed by atoms with E-state index >= 15 is 0 Å². The molecular formula is C15H21F3N4O. The molecule has 0 atom stereocenters. The van der Waals surface area contributed by atoms with Crippen molar-refractivity contribution in [3.05, 3.63) is 23.9 Å². The lowest BCUT2D eigenvalue weighted by atomic mass is 10.00. The number of alkyl halides is 3. The number of aromatic nitrogens is 1. The second-order valence-corrected chi connectivity index (χ2v) is 5.64. The molecule has 1 fully saturated rings. The summed E-state index contributed by atoms with van der Waals surface area (Å²) in [6.45, 7) is 4.56. The minimum atomic E-state index is -4.39. The summed E-state index contributed by atoms with van der Waals surface area (Å²) in [6, 6.07) is 2.14. The molecule has 0 saturated carbocycles. The van der Waals surface area contributed by atoms with Crippen LogP contribution < -0.4 is 10.5 Å². The molecule has 8 heteroatoms. The van der Waals surface area contributed by atoms with Crippen molar-refractivity contribution in [3.63, 3.8) is 0 Å². The Hall–Kier alpha value is -1.99. The summed E-state index contributed by atoms with van der Waals surface area (Å²) in [5, 5.41) is 0. The van der Waals surface area contributed by atoms with Crippen LogP contribution in [-0.2, 0) is 6.18 Å². The van der Waals surface area contributed by atoms with Gasteiger partial charge in [0.05, 0.1) is 12.1 Å². The minimum Gasteiger partial charge on any atom is -0.476 e. The number of aliphatic imine (C=N–C) groups is 1. The molecule has 0 radical (unpaired) electrons. The lowest BCUT2D eigenvalue weighted by Gasteiger charge is -2.31. The Morgan fingerprint density at radius 1 is 1.39 bits per heavy atom. The van der Waals surface area contributed by atoms with E-state index in [4.69, 9.17) is 10.5 Å². The van der Waals surface area contributed by atoms with Crippen LogP contribution in [0.15, 0.2) is 23.3 Å². The van der Waals surface area contributed by atoms with E-state index in [0.29, 0.717) is 18.4 Å². The summed E-state index contributed by atoms with van der Waals surface area (Å²) in [6.07, 6.45) is -1.44. The van der Waals surface area contributed by atoms with Crippen molar-refractivity contribution in [2.24, 2.45) is 16.6 Å². The molecule has 0 spiro atoms. The van der Waals surface area contributed by atoms with Gasteiger partial charge < -0.3 is 15.4 Å². The van der Waals surface area contributed by atoms with E-state index in [2.05, 4.69) is 16.9 Å². The first kappa shape index (κ1) is 17.4. The van der Waals surface area contributed by atoms with Crippen LogP contribution in [0.4, 0.5) is 13.2 Å². The predicted molar refractivity (Wildman–Crippen MR) is 81.2 cm³/mol. The van der Waals surface area contributed by atoms with E-state index < -0.39 is 11.7 Å². The highest BCUT2D eigenvalue weighted by atomic mass is 19.4. The van der Waals surface area contributed by atoms with Gasteiger partial charge >= 0.3 is 6.18 Å². The molecule has 1 aromatic rings.